The van der Waals surface area contributed by atoms with E-state index in [1.807, 2.05) is 30.3 Å². The fraction of sp³-hybridized carbons (Fsp3) is 0.429. The van der Waals surface area contributed by atoms with Crippen LogP contribution in [0, 0.1) is 0 Å². The highest BCUT2D eigenvalue weighted by Crippen LogP contribution is 2.38. The predicted molar refractivity (Wildman–Crippen MR) is 64.9 cm³/mol. The Kier molecular flexibility index (Phi) is 2.78. The number of benzene rings is 1. The zero-order valence-electron chi connectivity index (χ0n) is 10.0. The Morgan fingerprint density at radius 1 is 1.33 bits per heavy atom. The van der Waals surface area contributed by atoms with Crippen LogP contribution in [0.4, 0.5) is 4.79 Å². The zero-order chi connectivity index (χ0) is 12.5. The third-order valence-electron chi connectivity index (χ3n) is 3.60. The molecular weight excluding hydrogens is 230 g/mol. The van der Waals surface area contributed by atoms with Crippen molar-refractivity contribution in [2.24, 2.45) is 0 Å². The van der Waals surface area contributed by atoms with Crippen LogP contribution in [0.1, 0.15) is 24.8 Å². The summed E-state index contributed by atoms with van der Waals surface area (Å²) in [6, 6.07) is 9.47. The van der Waals surface area contributed by atoms with Gasteiger partial charge in [0.15, 0.2) is 5.78 Å². The van der Waals surface area contributed by atoms with Crippen LogP contribution in [-0.2, 0) is 16.1 Å². The van der Waals surface area contributed by atoms with Crippen molar-refractivity contribution < 1.29 is 14.3 Å². The van der Waals surface area contributed by atoms with E-state index in [0.29, 0.717) is 6.42 Å². The molecule has 0 aromatic heterocycles. The summed E-state index contributed by atoms with van der Waals surface area (Å²) in [4.78, 5) is 25.0. The quantitative estimate of drug-likeness (QED) is 0.750. The standard InChI is InChI=1S/C14H15NO3/c16-12-8-4-7-11-13(12)15(11)14(17)18-9-10-5-2-1-3-6-10/h1-3,5-6,11,13H,4,7-9H2/t11-,13-,15?/m0/s1. The highest BCUT2D eigenvalue weighted by Gasteiger charge is 2.57. The predicted octanol–water partition coefficient (Wildman–Crippen LogP) is 2.13. The molecule has 18 heavy (non-hydrogen) atoms. The van der Waals surface area contributed by atoms with Crippen molar-refractivity contribution in [3.05, 3.63) is 35.9 Å². The minimum absolute atomic E-state index is 0.106. The van der Waals surface area contributed by atoms with Gasteiger partial charge in [-0.25, -0.2) is 4.79 Å². The molecule has 2 aliphatic rings. The molecule has 0 unspecified atom stereocenters. The molecule has 0 spiro atoms. The summed E-state index contributed by atoms with van der Waals surface area (Å²) < 4.78 is 5.23. The molecule has 4 nitrogen and oxygen atoms in total. The fourth-order valence-electron chi connectivity index (χ4n) is 2.62. The molecule has 1 aromatic carbocycles. The van der Waals surface area contributed by atoms with Crippen molar-refractivity contribution in [1.82, 2.24) is 4.90 Å². The number of Topliss-reactive ketones (excluding diaryl/α,β-unsaturated/α-hetero) is 1. The van der Waals surface area contributed by atoms with Crippen LogP contribution in [0.5, 0.6) is 0 Å². The van der Waals surface area contributed by atoms with Crippen LogP contribution in [-0.4, -0.2) is 28.9 Å². The normalized spacial score (nSPS) is 25.6. The average molecular weight is 245 g/mol. The van der Waals surface area contributed by atoms with Gasteiger partial charge in [0.25, 0.3) is 0 Å². The molecule has 3 rings (SSSR count). The molecule has 1 heterocycles. The first kappa shape index (κ1) is 11.3. The third-order valence-corrected chi connectivity index (χ3v) is 3.60. The van der Waals surface area contributed by atoms with Crippen LogP contribution in [0.25, 0.3) is 0 Å². The first-order chi connectivity index (χ1) is 8.77. The Hall–Kier alpha value is -1.84. The van der Waals surface area contributed by atoms with Gasteiger partial charge in [-0.2, -0.15) is 0 Å². The minimum Gasteiger partial charge on any atom is -0.445 e. The highest BCUT2D eigenvalue weighted by atomic mass is 16.6. The van der Waals surface area contributed by atoms with Crippen LogP contribution in [0.2, 0.25) is 0 Å². The maximum Gasteiger partial charge on any atom is 0.411 e. The lowest BCUT2D eigenvalue weighted by molar-refractivity contribution is -0.119. The molecule has 0 bridgehead atoms. The monoisotopic (exact) mass is 245 g/mol. The molecule has 2 fully saturated rings. The van der Waals surface area contributed by atoms with Crippen molar-refractivity contribution in [3.63, 3.8) is 0 Å². The molecule has 2 atom stereocenters. The number of carbonyl (C=O) groups excluding carboxylic acids is 2. The summed E-state index contributed by atoms with van der Waals surface area (Å²) in [7, 11) is 0. The van der Waals surface area contributed by atoms with E-state index in [9.17, 15) is 9.59 Å². The lowest BCUT2D eigenvalue weighted by Gasteiger charge is -2.06. The summed E-state index contributed by atoms with van der Waals surface area (Å²) in [6.45, 7) is 0.268. The molecule has 1 aromatic rings. The number of nitrogens with zero attached hydrogens (tertiary/aromatic N) is 1. The first-order valence-corrected chi connectivity index (χ1v) is 6.29. The number of ether oxygens (including phenoxy) is 1. The number of likely N-dealkylation sites (tertiary alicyclic amines) is 1. The number of rotatable bonds is 2. The zero-order valence-corrected chi connectivity index (χ0v) is 10.0. The average Bonchev–Trinajstić information content (AvgIpc) is 3.13. The van der Waals surface area contributed by atoms with Crippen LogP contribution in [0.3, 0.4) is 0 Å². The summed E-state index contributed by atoms with van der Waals surface area (Å²) in [5.74, 6) is 0.183. The molecule has 1 amide bonds. The molecule has 1 aliphatic heterocycles. The molecule has 0 N–H and O–H groups in total. The molecule has 4 heteroatoms. The number of ketones is 1. The second kappa shape index (κ2) is 4.44. The van der Waals surface area contributed by atoms with E-state index in [-0.39, 0.29) is 30.6 Å². The summed E-state index contributed by atoms with van der Waals surface area (Å²) in [5.41, 5.74) is 0.960. The molecular formula is C14H15NO3. The lowest BCUT2D eigenvalue weighted by atomic mass is 10.00. The Morgan fingerprint density at radius 2 is 2.11 bits per heavy atom. The first-order valence-electron chi connectivity index (χ1n) is 6.29. The van der Waals surface area contributed by atoms with Crippen LogP contribution in [0.15, 0.2) is 30.3 Å². The number of carbonyl (C=O) groups is 2. The van der Waals surface area contributed by atoms with Crippen molar-refractivity contribution in [2.75, 3.05) is 0 Å². The smallest absolute Gasteiger partial charge is 0.411 e. The second-order valence-electron chi connectivity index (χ2n) is 4.82. The van der Waals surface area contributed by atoms with Gasteiger partial charge in [-0.3, -0.25) is 9.69 Å². The molecule has 94 valence electrons. The van der Waals surface area contributed by atoms with Crippen molar-refractivity contribution >= 4 is 11.9 Å². The molecule has 0 radical (unpaired) electrons. The van der Waals surface area contributed by atoms with Crippen molar-refractivity contribution in [3.8, 4) is 0 Å². The van der Waals surface area contributed by atoms with Crippen LogP contribution < -0.4 is 0 Å². The maximum absolute atomic E-state index is 11.8. The number of hydrogen-bond donors (Lipinski definition) is 0. The van der Waals surface area contributed by atoms with Gasteiger partial charge in [0.1, 0.15) is 12.6 Å². The second-order valence-corrected chi connectivity index (χ2v) is 4.82. The Balaban J connectivity index is 1.56. The molecule has 1 aliphatic carbocycles. The van der Waals surface area contributed by atoms with Gasteiger partial charge < -0.3 is 4.74 Å². The minimum atomic E-state index is -0.357. The number of fused-ring (bicyclic) bond motifs is 1. The van der Waals surface area contributed by atoms with Gasteiger partial charge in [0.2, 0.25) is 0 Å². The number of hydrogen-bond acceptors (Lipinski definition) is 3. The van der Waals surface area contributed by atoms with Gasteiger partial charge in [-0.05, 0) is 18.4 Å². The van der Waals surface area contributed by atoms with Crippen LogP contribution >= 0.6 is 0 Å². The van der Waals surface area contributed by atoms with E-state index >= 15 is 0 Å². The Labute approximate surface area is 106 Å². The van der Waals surface area contributed by atoms with E-state index in [1.165, 1.54) is 0 Å². The van der Waals surface area contributed by atoms with Gasteiger partial charge >= 0.3 is 6.09 Å². The summed E-state index contributed by atoms with van der Waals surface area (Å²) >= 11 is 0. The van der Waals surface area contributed by atoms with E-state index < -0.39 is 0 Å². The Bertz CT molecular complexity index is 471. The van der Waals surface area contributed by atoms with E-state index in [0.717, 1.165) is 18.4 Å². The van der Waals surface area contributed by atoms with Gasteiger partial charge in [0, 0.05) is 6.42 Å². The maximum atomic E-state index is 11.8. The topological polar surface area (TPSA) is 46.4 Å². The highest BCUT2D eigenvalue weighted by molar-refractivity contribution is 5.94. The van der Waals surface area contributed by atoms with Gasteiger partial charge in [-0.15, -0.1) is 0 Å². The largest absolute Gasteiger partial charge is 0.445 e. The molecule has 1 saturated heterocycles. The van der Waals surface area contributed by atoms with Crippen molar-refractivity contribution in [2.45, 2.75) is 38.0 Å². The Morgan fingerprint density at radius 3 is 2.83 bits per heavy atom. The summed E-state index contributed by atoms with van der Waals surface area (Å²) in [6.07, 6.45) is 2.06. The van der Waals surface area contributed by atoms with Gasteiger partial charge in [-0.1, -0.05) is 30.3 Å². The van der Waals surface area contributed by atoms with E-state index in [2.05, 4.69) is 0 Å². The molecule has 1 saturated carbocycles. The summed E-state index contributed by atoms with van der Waals surface area (Å²) in [5, 5.41) is 0. The number of amides is 1. The van der Waals surface area contributed by atoms with Gasteiger partial charge in [0.05, 0.1) is 6.04 Å². The third kappa shape index (κ3) is 1.98. The van der Waals surface area contributed by atoms with Crippen molar-refractivity contribution in [1.29, 1.82) is 0 Å². The van der Waals surface area contributed by atoms with E-state index in [4.69, 9.17) is 4.74 Å². The van der Waals surface area contributed by atoms with E-state index in [1.54, 1.807) is 4.90 Å². The SMILES string of the molecule is O=C1CCC[C@H]2[C@@H]1N2C(=O)OCc1ccccc1. The fourth-order valence-corrected chi connectivity index (χ4v) is 2.62. The lowest BCUT2D eigenvalue weighted by Crippen LogP contribution is -2.19.